The molecule has 0 N–H and O–H groups in total. The molecule has 0 bridgehead atoms. The van der Waals surface area contributed by atoms with E-state index in [-0.39, 0.29) is 0 Å². The summed E-state index contributed by atoms with van der Waals surface area (Å²) in [7, 11) is 0. The van der Waals surface area contributed by atoms with Gasteiger partial charge in [-0.25, -0.2) is 9.67 Å². The summed E-state index contributed by atoms with van der Waals surface area (Å²) in [5.41, 5.74) is 3.10. The highest BCUT2D eigenvalue weighted by atomic mass is 35.5. The van der Waals surface area contributed by atoms with E-state index in [1.807, 2.05) is 11.6 Å². The summed E-state index contributed by atoms with van der Waals surface area (Å²) in [5, 5.41) is 4.56. The number of imidazole rings is 1. The normalized spacial score (nSPS) is 17.1. The Kier molecular flexibility index (Phi) is 3.98. The lowest BCUT2D eigenvalue weighted by atomic mass is 10.0. The third-order valence-electron chi connectivity index (χ3n) is 4.08. The highest BCUT2D eigenvalue weighted by Crippen LogP contribution is 2.25. The standard InChI is InChI=1S/C14H21ClN4O/c1-3-19-14-13(10(2)17-19)16-12(8-15)18(14)9-11-4-6-20-7-5-11/h11H,3-9H2,1-2H3. The maximum atomic E-state index is 6.09. The Morgan fingerprint density at radius 2 is 2.10 bits per heavy atom. The van der Waals surface area contributed by atoms with Gasteiger partial charge in [0.1, 0.15) is 11.3 Å². The van der Waals surface area contributed by atoms with Gasteiger partial charge in [-0.05, 0) is 32.6 Å². The highest BCUT2D eigenvalue weighted by molar-refractivity contribution is 6.16. The molecule has 0 radical (unpaired) electrons. The summed E-state index contributed by atoms with van der Waals surface area (Å²) in [6, 6.07) is 0. The van der Waals surface area contributed by atoms with E-state index < -0.39 is 0 Å². The SMILES string of the molecule is CCn1nc(C)c2nc(CCl)n(CC3CCOCC3)c21. The molecule has 0 atom stereocenters. The molecule has 0 unspecified atom stereocenters. The van der Waals surface area contributed by atoms with Crippen LogP contribution in [0.25, 0.3) is 11.2 Å². The fourth-order valence-electron chi connectivity index (χ4n) is 2.97. The largest absolute Gasteiger partial charge is 0.381 e. The summed E-state index contributed by atoms with van der Waals surface area (Å²) in [6.07, 6.45) is 2.22. The molecule has 20 heavy (non-hydrogen) atoms. The summed E-state index contributed by atoms with van der Waals surface area (Å²) in [5.74, 6) is 2.04. The predicted octanol–water partition coefficient (Wildman–Crippen LogP) is 2.73. The van der Waals surface area contributed by atoms with E-state index in [0.29, 0.717) is 11.8 Å². The van der Waals surface area contributed by atoms with Gasteiger partial charge in [0, 0.05) is 26.3 Å². The van der Waals surface area contributed by atoms with E-state index in [0.717, 1.165) is 61.8 Å². The lowest BCUT2D eigenvalue weighted by Gasteiger charge is -2.23. The van der Waals surface area contributed by atoms with Crippen molar-refractivity contribution in [3.63, 3.8) is 0 Å². The van der Waals surface area contributed by atoms with E-state index in [1.165, 1.54) is 0 Å². The van der Waals surface area contributed by atoms with E-state index in [2.05, 4.69) is 21.6 Å². The number of nitrogens with zero attached hydrogens (tertiary/aromatic N) is 4. The van der Waals surface area contributed by atoms with Crippen LogP contribution in [0.2, 0.25) is 0 Å². The van der Waals surface area contributed by atoms with Crippen molar-refractivity contribution in [1.29, 1.82) is 0 Å². The first-order chi connectivity index (χ1) is 9.74. The minimum atomic E-state index is 0.445. The molecule has 0 aromatic carbocycles. The van der Waals surface area contributed by atoms with Crippen LogP contribution in [0.15, 0.2) is 0 Å². The van der Waals surface area contributed by atoms with Gasteiger partial charge in [-0.2, -0.15) is 5.10 Å². The van der Waals surface area contributed by atoms with Crippen molar-refractivity contribution in [3.8, 4) is 0 Å². The van der Waals surface area contributed by atoms with Crippen molar-refractivity contribution in [1.82, 2.24) is 19.3 Å². The zero-order chi connectivity index (χ0) is 14.1. The lowest BCUT2D eigenvalue weighted by Crippen LogP contribution is -2.22. The maximum Gasteiger partial charge on any atom is 0.158 e. The third-order valence-corrected chi connectivity index (χ3v) is 4.32. The van der Waals surface area contributed by atoms with Gasteiger partial charge in [0.15, 0.2) is 5.65 Å². The summed E-state index contributed by atoms with van der Waals surface area (Å²) in [6.45, 7) is 7.67. The van der Waals surface area contributed by atoms with E-state index in [9.17, 15) is 0 Å². The Bertz CT molecular complexity index is 598. The number of aryl methyl sites for hydroxylation is 2. The number of rotatable bonds is 4. The number of alkyl halides is 1. The van der Waals surface area contributed by atoms with Gasteiger partial charge in [-0.1, -0.05) is 0 Å². The molecule has 3 heterocycles. The van der Waals surface area contributed by atoms with Crippen molar-refractivity contribution < 1.29 is 4.74 Å². The Balaban J connectivity index is 2.02. The summed E-state index contributed by atoms with van der Waals surface area (Å²) in [4.78, 5) is 4.68. The Labute approximate surface area is 123 Å². The van der Waals surface area contributed by atoms with Gasteiger partial charge in [0.2, 0.25) is 0 Å². The first-order valence-electron chi connectivity index (χ1n) is 7.30. The molecule has 1 fully saturated rings. The van der Waals surface area contributed by atoms with Crippen LogP contribution < -0.4 is 0 Å². The molecule has 0 amide bonds. The fourth-order valence-corrected chi connectivity index (χ4v) is 3.18. The molecular weight excluding hydrogens is 276 g/mol. The number of hydrogen-bond acceptors (Lipinski definition) is 3. The monoisotopic (exact) mass is 296 g/mol. The molecule has 0 saturated carbocycles. The van der Waals surface area contributed by atoms with Crippen LogP contribution in [0.4, 0.5) is 0 Å². The van der Waals surface area contributed by atoms with Crippen LogP contribution in [-0.4, -0.2) is 32.5 Å². The second-order valence-corrected chi connectivity index (χ2v) is 5.67. The van der Waals surface area contributed by atoms with Crippen LogP contribution in [0.3, 0.4) is 0 Å². The van der Waals surface area contributed by atoms with Gasteiger partial charge in [0.05, 0.1) is 11.6 Å². The van der Waals surface area contributed by atoms with Gasteiger partial charge >= 0.3 is 0 Å². The molecule has 5 nitrogen and oxygen atoms in total. The van der Waals surface area contributed by atoms with E-state index in [1.54, 1.807) is 0 Å². The Hall–Kier alpha value is -1.07. The minimum Gasteiger partial charge on any atom is -0.381 e. The summed E-state index contributed by atoms with van der Waals surface area (Å²) >= 11 is 6.09. The van der Waals surface area contributed by atoms with Crippen molar-refractivity contribution >= 4 is 22.8 Å². The molecule has 0 spiro atoms. The van der Waals surface area contributed by atoms with Crippen LogP contribution in [0.1, 0.15) is 31.3 Å². The molecule has 3 rings (SSSR count). The lowest BCUT2D eigenvalue weighted by molar-refractivity contribution is 0.0613. The van der Waals surface area contributed by atoms with Gasteiger partial charge in [-0.3, -0.25) is 0 Å². The molecule has 2 aromatic rings. The number of fused-ring (bicyclic) bond motifs is 1. The smallest absolute Gasteiger partial charge is 0.158 e. The van der Waals surface area contributed by atoms with Crippen LogP contribution in [0, 0.1) is 12.8 Å². The zero-order valence-corrected chi connectivity index (χ0v) is 12.9. The Morgan fingerprint density at radius 3 is 2.75 bits per heavy atom. The second-order valence-electron chi connectivity index (χ2n) is 5.40. The van der Waals surface area contributed by atoms with Crippen molar-refractivity contribution in [2.24, 2.45) is 5.92 Å². The van der Waals surface area contributed by atoms with Gasteiger partial charge < -0.3 is 9.30 Å². The average molecular weight is 297 g/mol. The second kappa shape index (κ2) is 5.74. The number of ether oxygens (including phenoxy) is 1. The van der Waals surface area contributed by atoms with E-state index in [4.69, 9.17) is 16.3 Å². The van der Waals surface area contributed by atoms with E-state index >= 15 is 0 Å². The molecule has 2 aromatic heterocycles. The van der Waals surface area contributed by atoms with Gasteiger partial charge in [0.25, 0.3) is 0 Å². The van der Waals surface area contributed by atoms with Crippen LogP contribution in [-0.2, 0) is 23.7 Å². The molecule has 0 aliphatic carbocycles. The predicted molar refractivity (Wildman–Crippen MR) is 79.0 cm³/mol. The van der Waals surface area contributed by atoms with Gasteiger partial charge in [-0.15, -0.1) is 11.6 Å². The molecule has 6 heteroatoms. The Morgan fingerprint density at radius 1 is 1.35 bits per heavy atom. The molecule has 110 valence electrons. The number of aromatic nitrogens is 4. The molecular formula is C14H21ClN4O. The van der Waals surface area contributed by atoms with Crippen LogP contribution >= 0.6 is 11.6 Å². The number of hydrogen-bond donors (Lipinski definition) is 0. The van der Waals surface area contributed by atoms with Crippen LogP contribution in [0.5, 0.6) is 0 Å². The topological polar surface area (TPSA) is 44.9 Å². The number of halogens is 1. The quantitative estimate of drug-likeness (QED) is 0.815. The molecule has 1 aliphatic rings. The van der Waals surface area contributed by atoms with Crippen molar-refractivity contribution in [3.05, 3.63) is 11.5 Å². The first kappa shape index (κ1) is 13.9. The maximum absolute atomic E-state index is 6.09. The third kappa shape index (κ3) is 2.33. The van der Waals surface area contributed by atoms with Crippen molar-refractivity contribution in [2.75, 3.05) is 13.2 Å². The average Bonchev–Trinajstić information content (AvgIpc) is 2.99. The molecule has 1 saturated heterocycles. The fraction of sp³-hybridized carbons (Fsp3) is 0.714. The van der Waals surface area contributed by atoms with Crippen molar-refractivity contribution in [2.45, 2.75) is 45.7 Å². The zero-order valence-electron chi connectivity index (χ0n) is 12.1. The highest BCUT2D eigenvalue weighted by Gasteiger charge is 2.21. The summed E-state index contributed by atoms with van der Waals surface area (Å²) < 4.78 is 9.74. The first-order valence-corrected chi connectivity index (χ1v) is 7.84. The minimum absolute atomic E-state index is 0.445. The molecule has 1 aliphatic heterocycles.